The Hall–Kier alpha value is -3.22. The van der Waals surface area contributed by atoms with Crippen LogP contribution < -0.4 is 9.64 Å². The van der Waals surface area contributed by atoms with E-state index < -0.39 is 11.0 Å². The lowest BCUT2D eigenvalue weighted by Gasteiger charge is -2.22. The number of likely N-dealkylation sites (N-methyl/N-ethyl adjacent to an activating group) is 1. The number of nitro groups is 1. The summed E-state index contributed by atoms with van der Waals surface area (Å²) in [7, 11) is 1.56. The fourth-order valence-electron chi connectivity index (χ4n) is 2.24. The quantitative estimate of drug-likeness (QED) is 0.457. The van der Waals surface area contributed by atoms with Crippen LogP contribution >= 0.6 is 0 Å². The minimum atomic E-state index is -0.789. The number of ether oxygens (including phenoxy) is 1. The molecule has 7 heteroatoms. The fraction of sp³-hybridized carbons (Fsp3) is 0.222. The summed E-state index contributed by atoms with van der Waals surface area (Å²) < 4.78 is 5.62. The molecule has 7 nitrogen and oxygen atoms in total. The number of benzene rings is 2. The molecule has 0 bridgehead atoms. The van der Waals surface area contributed by atoms with Gasteiger partial charge in [-0.1, -0.05) is 12.1 Å². The van der Waals surface area contributed by atoms with Gasteiger partial charge in [0.15, 0.2) is 11.9 Å². The van der Waals surface area contributed by atoms with Crippen LogP contribution in [-0.2, 0) is 4.79 Å². The van der Waals surface area contributed by atoms with Crippen LogP contribution in [0.4, 0.5) is 11.4 Å². The summed E-state index contributed by atoms with van der Waals surface area (Å²) in [6.07, 6.45) is -0.789. The molecule has 0 saturated heterocycles. The van der Waals surface area contributed by atoms with Crippen LogP contribution in [0.5, 0.6) is 5.75 Å². The molecule has 0 aliphatic rings. The van der Waals surface area contributed by atoms with Crippen molar-refractivity contribution in [2.75, 3.05) is 11.9 Å². The van der Waals surface area contributed by atoms with Gasteiger partial charge in [-0.05, 0) is 38.1 Å². The first-order chi connectivity index (χ1) is 11.8. The van der Waals surface area contributed by atoms with Gasteiger partial charge in [-0.15, -0.1) is 0 Å². The standard InChI is InChI=1S/C18H18N2O5/c1-12(21)14-5-4-6-17(11-14)25-13(2)18(22)19(3)15-7-9-16(10-8-15)20(23)24/h4-11,13H,1-3H3/t13-/m0/s1. The third-order valence-corrected chi connectivity index (χ3v) is 3.68. The Balaban J connectivity index is 2.09. The van der Waals surface area contributed by atoms with Crippen LogP contribution in [0.3, 0.4) is 0 Å². The predicted molar refractivity (Wildman–Crippen MR) is 93.0 cm³/mol. The van der Waals surface area contributed by atoms with Gasteiger partial charge in [0.2, 0.25) is 0 Å². The second-order valence-corrected chi connectivity index (χ2v) is 5.51. The van der Waals surface area contributed by atoms with Gasteiger partial charge >= 0.3 is 0 Å². The van der Waals surface area contributed by atoms with Crippen molar-refractivity contribution in [2.24, 2.45) is 0 Å². The SMILES string of the molecule is CC(=O)c1cccc(O[C@@H](C)C(=O)N(C)c2ccc([N+](=O)[O-])cc2)c1. The smallest absolute Gasteiger partial charge is 0.269 e. The van der Waals surface area contributed by atoms with Gasteiger partial charge in [0.05, 0.1) is 4.92 Å². The highest BCUT2D eigenvalue weighted by Crippen LogP contribution is 2.20. The molecule has 0 fully saturated rings. The van der Waals surface area contributed by atoms with Crippen LogP contribution in [0.1, 0.15) is 24.2 Å². The number of nitro benzene ring substituents is 1. The van der Waals surface area contributed by atoms with Crippen molar-refractivity contribution in [3.05, 3.63) is 64.2 Å². The Morgan fingerprint density at radius 1 is 1.16 bits per heavy atom. The molecule has 0 aromatic heterocycles. The number of non-ortho nitro benzene ring substituents is 1. The van der Waals surface area contributed by atoms with Gasteiger partial charge in [0, 0.05) is 30.4 Å². The lowest BCUT2D eigenvalue weighted by atomic mass is 10.1. The van der Waals surface area contributed by atoms with E-state index in [1.54, 1.807) is 38.2 Å². The number of hydrogen-bond donors (Lipinski definition) is 0. The van der Waals surface area contributed by atoms with Crippen molar-refractivity contribution in [1.82, 2.24) is 0 Å². The average molecular weight is 342 g/mol. The van der Waals surface area contributed by atoms with E-state index in [9.17, 15) is 19.7 Å². The Morgan fingerprint density at radius 2 is 1.80 bits per heavy atom. The van der Waals surface area contributed by atoms with E-state index in [-0.39, 0.29) is 17.4 Å². The minimum Gasteiger partial charge on any atom is -0.481 e. The largest absolute Gasteiger partial charge is 0.481 e. The first-order valence-electron chi connectivity index (χ1n) is 7.59. The molecule has 25 heavy (non-hydrogen) atoms. The Labute approximate surface area is 145 Å². The van der Waals surface area contributed by atoms with Crippen molar-refractivity contribution in [3.63, 3.8) is 0 Å². The van der Waals surface area contributed by atoms with E-state index >= 15 is 0 Å². The highest BCUT2D eigenvalue weighted by Gasteiger charge is 2.21. The molecule has 130 valence electrons. The molecular weight excluding hydrogens is 324 g/mol. The van der Waals surface area contributed by atoms with Gasteiger partial charge in [0.25, 0.3) is 11.6 Å². The van der Waals surface area contributed by atoms with Crippen molar-refractivity contribution in [3.8, 4) is 5.75 Å². The van der Waals surface area contributed by atoms with E-state index in [1.165, 1.54) is 36.1 Å². The van der Waals surface area contributed by atoms with Crippen molar-refractivity contribution in [1.29, 1.82) is 0 Å². The van der Waals surface area contributed by atoms with E-state index in [2.05, 4.69) is 0 Å². The molecule has 0 aliphatic heterocycles. The molecule has 0 radical (unpaired) electrons. The summed E-state index contributed by atoms with van der Waals surface area (Å²) in [6, 6.07) is 12.3. The molecule has 0 aliphatic carbocycles. The van der Waals surface area contributed by atoms with Gasteiger partial charge in [-0.2, -0.15) is 0 Å². The van der Waals surface area contributed by atoms with Crippen LogP contribution in [0, 0.1) is 10.1 Å². The molecule has 0 unspecified atom stereocenters. The monoisotopic (exact) mass is 342 g/mol. The van der Waals surface area contributed by atoms with Crippen LogP contribution in [0.15, 0.2) is 48.5 Å². The normalized spacial score (nSPS) is 11.5. The number of Topliss-reactive ketones (excluding diaryl/α,β-unsaturated/α-hetero) is 1. The summed E-state index contributed by atoms with van der Waals surface area (Å²) in [5, 5.41) is 10.7. The van der Waals surface area contributed by atoms with E-state index in [1.807, 2.05) is 0 Å². The van der Waals surface area contributed by atoms with Crippen molar-refractivity contribution < 1.29 is 19.2 Å². The molecule has 2 aromatic carbocycles. The number of nitrogens with zero attached hydrogens (tertiary/aromatic N) is 2. The maximum absolute atomic E-state index is 12.5. The minimum absolute atomic E-state index is 0.0463. The first kappa shape index (κ1) is 18.1. The zero-order chi connectivity index (χ0) is 18.6. The number of rotatable bonds is 6. The highest BCUT2D eigenvalue weighted by molar-refractivity contribution is 5.96. The van der Waals surface area contributed by atoms with Crippen molar-refractivity contribution in [2.45, 2.75) is 20.0 Å². The van der Waals surface area contributed by atoms with Gasteiger partial charge in [-0.3, -0.25) is 19.7 Å². The zero-order valence-corrected chi connectivity index (χ0v) is 14.1. The molecule has 1 atom stereocenters. The molecule has 0 spiro atoms. The first-order valence-corrected chi connectivity index (χ1v) is 7.59. The topological polar surface area (TPSA) is 89.8 Å². The van der Waals surface area contributed by atoms with E-state index in [0.29, 0.717) is 17.0 Å². The summed E-state index contributed by atoms with van der Waals surface area (Å²) in [5.74, 6) is 0.0140. The molecule has 2 aromatic rings. The number of carbonyl (C=O) groups is 2. The summed E-state index contributed by atoms with van der Waals surface area (Å²) in [6.45, 7) is 3.06. The highest BCUT2D eigenvalue weighted by atomic mass is 16.6. The number of amides is 1. The van der Waals surface area contributed by atoms with Crippen LogP contribution in [0.2, 0.25) is 0 Å². The van der Waals surface area contributed by atoms with Gasteiger partial charge in [0.1, 0.15) is 5.75 Å². The summed E-state index contributed by atoms with van der Waals surface area (Å²) in [4.78, 5) is 35.4. The molecule has 0 heterocycles. The lowest BCUT2D eigenvalue weighted by molar-refractivity contribution is -0.384. The lowest BCUT2D eigenvalue weighted by Crippen LogP contribution is -2.38. The third kappa shape index (κ3) is 4.41. The van der Waals surface area contributed by atoms with E-state index in [4.69, 9.17) is 4.74 Å². The molecule has 0 N–H and O–H groups in total. The van der Waals surface area contributed by atoms with E-state index in [0.717, 1.165) is 0 Å². The summed E-state index contributed by atoms with van der Waals surface area (Å²) >= 11 is 0. The zero-order valence-electron chi connectivity index (χ0n) is 14.1. The fourth-order valence-corrected chi connectivity index (χ4v) is 2.24. The Kier molecular flexibility index (Phi) is 5.49. The Morgan fingerprint density at radius 3 is 2.36 bits per heavy atom. The van der Waals surface area contributed by atoms with Gasteiger partial charge in [-0.25, -0.2) is 0 Å². The second kappa shape index (κ2) is 7.57. The van der Waals surface area contributed by atoms with Gasteiger partial charge < -0.3 is 9.64 Å². The molecule has 2 rings (SSSR count). The Bertz CT molecular complexity index is 801. The average Bonchev–Trinajstić information content (AvgIpc) is 2.60. The maximum atomic E-state index is 12.5. The molecule has 0 saturated carbocycles. The number of anilines is 1. The molecular formula is C18H18N2O5. The third-order valence-electron chi connectivity index (χ3n) is 3.68. The molecule has 1 amide bonds. The number of ketones is 1. The summed E-state index contributed by atoms with van der Waals surface area (Å²) in [5.41, 5.74) is 0.972. The number of carbonyl (C=O) groups excluding carboxylic acids is 2. The predicted octanol–water partition coefficient (Wildman–Crippen LogP) is 3.23. The number of hydrogen-bond acceptors (Lipinski definition) is 5. The van der Waals surface area contributed by atoms with Crippen LogP contribution in [-0.4, -0.2) is 29.8 Å². The second-order valence-electron chi connectivity index (χ2n) is 5.51. The van der Waals surface area contributed by atoms with Crippen LogP contribution in [0.25, 0.3) is 0 Å². The maximum Gasteiger partial charge on any atom is 0.269 e. The van der Waals surface area contributed by atoms with Crippen molar-refractivity contribution >= 4 is 23.1 Å².